The third kappa shape index (κ3) is 2.58. The molecule has 18 heavy (non-hydrogen) atoms. The van der Waals surface area contributed by atoms with Crippen LogP contribution in [0.4, 0.5) is 11.4 Å². The van der Waals surface area contributed by atoms with E-state index in [0.29, 0.717) is 13.2 Å². The molecule has 1 aliphatic heterocycles. The van der Waals surface area contributed by atoms with Crippen LogP contribution >= 0.6 is 0 Å². The number of hydrogen-bond acceptors (Lipinski definition) is 3. The molecule has 1 heterocycles. The summed E-state index contributed by atoms with van der Waals surface area (Å²) in [5, 5.41) is 6.28. The average Bonchev–Trinajstić information content (AvgIpc) is 2.55. The quantitative estimate of drug-likeness (QED) is 0.861. The van der Waals surface area contributed by atoms with E-state index in [2.05, 4.69) is 17.6 Å². The molecule has 2 N–H and O–H groups in total. The number of anilines is 2. The summed E-state index contributed by atoms with van der Waals surface area (Å²) in [7, 11) is 0. The van der Waals surface area contributed by atoms with E-state index >= 15 is 0 Å². The van der Waals surface area contributed by atoms with E-state index < -0.39 is 0 Å². The van der Waals surface area contributed by atoms with Crippen molar-refractivity contribution in [2.75, 3.05) is 23.8 Å². The van der Waals surface area contributed by atoms with Gasteiger partial charge in [-0.2, -0.15) is 0 Å². The molecule has 1 unspecified atom stereocenters. The van der Waals surface area contributed by atoms with Crippen LogP contribution in [0.3, 0.4) is 0 Å². The van der Waals surface area contributed by atoms with Crippen molar-refractivity contribution in [1.29, 1.82) is 0 Å². The lowest BCUT2D eigenvalue weighted by Crippen LogP contribution is -2.25. The molecule has 1 aromatic carbocycles. The van der Waals surface area contributed by atoms with E-state index in [4.69, 9.17) is 4.74 Å². The summed E-state index contributed by atoms with van der Waals surface area (Å²) in [5.74, 6) is 0.819. The third-order valence-corrected chi connectivity index (χ3v) is 3.14. The van der Waals surface area contributed by atoms with E-state index in [0.717, 1.165) is 30.0 Å². The van der Waals surface area contributed by atoms with Gasteiger partial charge in [-0.1, -0.05) is 19.9 Å². The van der Waals surface area contributed by atoms with Crippen molar-refractivity contribution in [1.82, 2.24) is 0 Å². The van der Waals surface area contributed by atoms with Gasteiger partial charge in [0.1, 0.15) is 11.4 Å². The maximum absolute atomic E-state index is 12.0. The van der Waals surface area contributed by atoms with Crippen LogP contribution < -0.4 is 15.4 Å². The highest BCUT2D eigenvalue weighted by molar-refractivity contribution is 5.99. The zero-order chi connectivity index (χ0) is 13.0. The summed E-state index contributed by atoms with van der Waals surface area (Å²) >= 11 is 0. The predicted octanol–water partition coefficient (Wildman–Crippen LogP) is 2.87. The van der Waals surface area contributed by atoms with Crippen molar-refractivity contribution in [2.45, 2.75) is 26.7 Å². The minimum atomic E-state index is 0.0106. The fourth-order valence-corrected chi connectivity index (χ4v) is 2.02. The summed E-state index contributed by atoms with van der Waals surface area (Å²) in [5.41, 5.74) is 1.71. The zero-order valence-electron chi connectivity index (χ0n) is 11.0. The Bertz CT molecular complexity index is 432. The van der Waals surface area contributed by atoms with Crippen molar-refractivity contribution < 1.29 is 9.53 Å². The molecule has 0 saturated heterocycles. The lowest BCUT2D eigenvalue weighted by atomic mass is 10.1. The Morgan fingerprint density at radius 2 is 2.22 bits per heavy atom. The highest BCUT2D eigenvalue weighted by atomic mass is 16.5. The van der Waals surface area contributed by atoms with E-state index in [-0.39, 0.29) is 11.8 Å². The van der Waals surface area contributed by atoms with Gasteiger partial charge in [0.2, 0.25) is 5.91 Å². The van der Waals surface area contributed by atoms with Crippen molar-refractivity contribution in [3.63, 3.8) is 0 Å². The molecule has 0 spiro atoms. The minimum absolute atomic E-state index is 0.0106. The fraction of sp³-hybridized carbons (Fsp3) is 0.500. The molecule has 0 aliphatic carbocycles. The molecular formula is C14H20N2O2. The normalized spacial score (nSPS) is 18.3. The Kier molecular flexibility index (Phi) is 4.07. The molecule has 1 aliphatic rings. The van der Waals surface area contributed by atoms with Gasteiger partial charge in [0, 0.05) is 6.54 Å². The zero-order valence-corrected chi connectivity index (χ0v) is 11.0. The SMILES string of the molecule is CCCOc1cccc2c1NC(=O)C(CC)CN2. The summed E-state index contributed by atoms with van der Waals surface area (Å²) in [6.07, 6.45) is 1.78. The highest BCUT2D eigenvalue weighted by Crippen LogP contribution is 2.35. The Labute approximate surface area is 108 Å². The maximum Gasteiger partial charge on any atom is 0.229 e. The van der Waals surface area contributed by atoms with Gasteiger partial charge >= 0.3 is 0 Å². The number of hydrogen-bond donors (Lipinski definition) is 2. The first-order valence-electron chi connectivity index (χ1n) is 6.56. The number of carbonyl (C=O) groups excluding carboxylic acids is 1. The van der Waals surface area contributed by atoms with Gasteiger partial charge in [0.25, 0.3) is 0 Å². The van der Waals surface area contributed by atoms with Gasteiger partial charge < -0.3 is 15.4 Å². The molecule has 1 atom stereocenters. The van der Waals surface area contributed by atoms with Crippen LogP contribution in [0.1, 0.15) is 26.7 Å². The number of nitrogens with one attached hydrogen (secondary N) is 2. The Hall–Kier alpha value is -1.71. The summed E-state index contributed by atoms with van der Waals surface area (Å²) in [6.45, 7) is 5.41. The molecule has 4 nitrogen and oxygen atoms in total. The molecule has 0 saturated carbocycles. The smallest absolute Gasteiger partial charge is 0.229 e. The Balaban J connectivity index is 2.27. The van der Waals surface area contributed by atoms with Crippen LogP contribution in [0, 0.1) is 5.92 Å². The second-order valence-corrected chi connectivity index (χ2v) is 4.50. The topological polar surface area (TPSA) is 50.4 Å². The minimum Gasteiger partial charge on any atom is -0.491 e. The second-order valence-electron chi connectivity index (χ2n) is 4.50. The fourth-order valence-electron chi connectivity index (χ4n) is 2.02. The first-order chi connectivity index (χ1) is 8.76. The molecular weight excluding hydrogens is 228 g/mol. The molecule has 1 aromatic rings. The number of benzene rings is 1. The van der Waals surface area contributed by atoms with Crippen molar-refractivity contribution >= 4 is 17.3 Å². The van der Waals surface area contributed by atoms with E-state index in [1.807, 2.05) is 25.1 Å². The van der Waals surface area contributed by atoms with Gasteiger partial charge in [0.05, 0.1) is 18.2 Å². The maximum atomic E-state index is 12.0. The molecule has 0 fully saturated rings. The molecule has 2 rings (SSSR count). The van der Waals surface area contributed by atoms with Gasteiger partial charge in [-0.25, -0.2) is 0 Å². The molecule has 0 aromatic heterocycles. The lowest BCUT2D eigenvalue weighted by molar-refractivity contribution is -0.119. The molecule has 0 radical (unpaired) electrons. The number of fused-ring (bicyclic) bond motifs is 1. The van der Waals surface area contributed by atoms with Gasteiger partial charge in [0.15, 0.2) is 0 Å². The number of amides is 1. The predicted molar refractivity (Wildman–Crippen MR) is 73.1 cm³/mol. The van der Waals surface area contributed by atoms with Crippen LogP contribution in [-0.2, 0) is 4.79 Å². The van der Waals surface area contributed by atoms with Gasteiger partial charge in [-0.15, -0.1) is 0 Å². The summed E-state index contributed by atoms with van der Waals surface area (Å²) in [6, 6.07) is 5.80. The first-order valence-corrected chi connectivity index (χ1v) is 6.56. The molecule has 98 valence electrons. The third-order valence-electron chi connectivity index (χ3n) is 3.14. The number of para-hydroxylation sites is 1. The summed E-state index contributed by atoms with van der Waals surface area (Å²) in [4.78, 5) is 12.0. The average molecular weight is 248 g/mol. The Morgan fingerprint density at radius 1 is 1.39 bits per heavy atom. The lowest BCUT2D eigenvalue weighted by Gasteiger charge is -2.13. The van der Waals surface area contributed by atoms with Crippen LogP contribution in [0.5, 0.6) is 5.75 Å². The van der Waals surface area contributed by atoms with E-state index in [9.17, 15) is 4.79 Å². The number of rotatable bonds is 4. The molecule has 4 heteroatoms. The van der Waals surface area contributed by atoms with Crippen LogP contribution in [0.25, 0.3) is 0 Å². The highest BCUT2D eigenvalue weighted by Gasteiger charge is 2.23. The van der Waals surface area contributed by atoms with Crippen LogP contribution in [-0.4, -0.2) is 19.1 Å². The van der Waals surface area contributed by atoms with Gasteiger partial charge in [-0.05, 0) is 25.0 Å². The molecule has 1 amide bonds. The summed E-state index contributed by atoms with van der Waals surface area (Å²) < 4.78 is 5.67. The number of ether oxygens (including phenoxy) is 1. The largest absolute Gasteiger partial charge is 0.491 e. The van der Waals surface area contributed by atoms with Crippen molar-refractivity contribution in [2.24, 2.45) is 5.92 Å². The standard InChI is InChI=1S/C14H20N2O2/c1-3-8-18-12-7-5-6-11-13(12)16-14(17)10(4-2)9-15-11/h5-7,10,15H,3-4,8-9H2,1-2H3,(H,16,17). The van der Waals surface area contributed by atoms with E-state index in [1.54, 1.807) is 0 Å². The van der Waals surface area contributed by atoms with Crippen LogP contribution in [0.2, 0.25) is 0 Å². The Morgan fingerprint density at radius 3 is 2.94 bits per heavy atom. The first kappa shape index (κ1) is 12.7. The monoisotopic (exact) mass is 248 g/mol. The second kappa shape index (κ2) is 5.76. The van der Waals surface area contributed by atoms with Gasteiger partial charge in [-0.3, -0.25) is 4.79 Å². The molecule has 0 bridgehead atoms. The van der Waals surface area contributed by atoms with Crippen molar-refractivity contribution in [3.8, 4) is 5.75 Å². The van der Waals surface area contributed by atoms with Crippen LogP contribution in [0.15, 0.2) is 18.2 Å². The van der Waals surface area contributed by atoms with E-state index in [1.165, 1.54) is 0 Å². The number of carbonyl (C=O) groups is 1. The van der Waals surface area contributed by atoms with Crippen molar-refractivity contribution in [3.05, 3.63) is 18.2 Å².